The lowest BCUT2D eigenvalue weighted by Crippen LogP contribution is -1.83. The molecule has 2 rings (SSSR count). The molecule has 13 heavy (non-hydrogen) atoms. The molecule has 0 N–H and O–H groups in total. The summed E-state index contributed by atoms with van der Waals surface area (Å²) in [5.41, 5.74) is 2.02. The zero-order valence-corrected chi connectivity index (χ0v) is 8.40. The van der Waals surface area contributed by atoms with E-state index in [1.807, 2.05) is 24.3 Å². The van der Waals surface area contributed by atoms with Gasteiger partial charge in [-0.25, -0.2) is 0 Å². The standard InChI is InChI=1S/C10H7BrN2/c11-9-2-1-5-13-10(9)8-3-6-12-7-4-8/h1-7H. The fourth-order valence-electron chi connectivity index (χ4n) is 1.11. The Labute approximate surface area is 84.8 Å². The Balaban J connectivity index is 2.54. The highest BCUT2D eigenvalue weighted by molar-refractivity contribution is 9.10. The topological polar surface area (TPSA) is 25.8 Å². The van der Waals surface area contributed by atoms with Crippen molar-refractivity contribution < 1.29 is 0 Å². The molecule has 2 aromatic heterocycles. The number of nitrogens with zero attached hydrogens (tertiary/aromatic N) is 2. The first-order chi connectivity index (χ1) is 6.38. The van der Waals surface area contributed by atoms with Crippen molar-refractivity contribution in [1.29, 1.82) is 0 Å². The van der Waals surface area contributed by atoms with Crippen LogP contribution in [0.1, 0.15) is 0 Å². The smallest absolute Gasteiger partial charge is 0.0844 e. The van der Waals surface area contributed by atoms with Crippen LogP contribution in [0.15, 0.2) is 47.3 Å². The number of hydrogen-bond acceptors (Lipinski definition) is 2. The minimum Gasteiger partial charge on any atom is -0.265 e. The summed E-state index contributed by atoms with van der Waals surface area (Å²) in [7, 11) is 0. The SMILES string of the molecule is Brc1cccnc1-c1ccncc1. The molecule has 0 unspecified atom stereocenters. The molecule has 0 aliphatic rings. The van der Waals surface area contributed by atoms with E-state index >= 15 is 0 Å². The lowest BCUT2D eigenvalue weighted by Gasteiger charge is -2.01. The molecular formula is C10H7BrN2. The summed E-state index contributed by atoms with van der Waals surface area (Å²) in [6.45, 7) is 0. The Kier molecular flexibility index (Phi) is 2.36. The number of pyridine rings is 2. The molecule has 0 saturated heterocycles. The van der Waals surface area contributed by atoms with Gasteiger partial charge >= 0.3 is 0 Å². The van der Waals surface area contributed by atoms with Gasteiger partial charge in [-0.3, -0.25) is 9.97 Å². The average Bonchev–Trinajstić information content (AvgIpc) is 2.20. The first-order valence-electron chi connectivity index (χ1n) is 3.89. The Hall–Kier alpha value is -1.22. The maximum Gasteiger partial charge on any atom is 0.0844 e. The number of halogens is 1. The van der Waals surface area contributed by atoms with E-state index in [0.29, 0.717) is 0 Å². The number of hydrogen-bond donors (Lipinski definition) is 0. The normalized spacial score (nSPS) is 9.92. The highest BCUT2D eigenvalue weighted by Gasteiger charge is 2.01. The van der Waals surface area contributed by atoms with Gasteiger partial charge in [-0.15, -0.1) is 0 Å². The third-order valence-electron chi connectivity index (χ3n) is 1.71. The molecule has 2 nitrogen and oxygen atoms in total. The highest BCUT2D eigenvalue weighted by Crippen LogP contribution is 2.24. The lowest BCUT2D eigenvalue weighted by atomic mass is 10.2. The molecule has 2 heterocycles. The third-order valence-corrected chi connectivity index (χ3v) is 2.35. The van der Waals surface area contributed by atoms with Crippen LogP contribution in [-0.4, -0.2) is 9.97 Å². The first-order valence-corrected chi connectivity index (χ1v) is 4.68. The Morgan fingerprint density at radius 3 is 2.46 bits per heavy atom. The summed E-state index contributed by atoms with van der Waals surface area (Å²) >= 11 is 3.45. The predicted molar refractivity (Wildman–Crippen MR) is 55.2 cm³/mol. The highest BCUT2D eigenvalue weighted by atomic mass is 79.9. The van der Waals surface area contributed by atoms with Crippen molar-refractivity contribution >= 4 is 15.9 Å². The molecule has 0 aromatic carbocycles. The number of aromatic nitrogens is 2. The van der Waals surface area contributed by atoms with Crippen molar-refractivity contribution in [1.82, 2.24) is 9.97 Å². The van der Waals surface area contributed by atoms with Gasteiger partial charge in [-0.2, -0.15) is 0 Å². The van der Waals surface area contributed by atoms with Crippen molar-refractivity contribution in [3.05, 3.63) is 47.3 Å². The average molecular weight is 235 g/mol. The molecule has 0 bridgehead atoms. The number of rotatable bonds is 1. The molecule has 0 radical (unpaired) electrons. The Morgan fingerprint density at radius 1 is 1.00 bits per heavy atom. The van der Waals surface area contributed by atoms with E-state index in [1.165, 1.54) is 0 Å². The van der Waals surface area contributed by atoms with Gasteiger partial charge in [0.05, 0.1) is 5.69 Å². The van der Waals surface area contributed by atoms with Crippen molar-refractivity contribution in [3.63, 3.8) is 0 Å². The molecule has 0 aliphatic carbocycles. The fraction of sp³-hybridized carbons (Fsp3) is 0. The minimum absolute atomic E-state index is 0.949. The van der Waals surface area contributed by atoms with Crippen molar-refractivity contribution in [2.75, 3.05) is 0 Å². The maximum atomic E-state index is 4.27. The second-order valence-electron chi connectivity index (χ2n) is 2.57. The van der Waals surface area contributed by atoms with E-state index in [2.05, 4.69) is 25.9 Å². The van der Waals surface area contributed by atoms with E-state index in [9.17, 15) is 0 Å². The van der Waals surface area contributed by atoms with Crippen LogP contribution in [0.3, 0.4) is 0 Å². The van der Waals surface area contributed by atoms with Gasteiger partial charge in [0.2, 0.25) is 0 Å². The summed E-state index contributed by atoms with van der Waals surface area (Å²) in [6.07, 6.45) is 5.30. The van der Waals surface area contributed by atoms with Gasteiger partial charge in [0.25, 0.3) is 0 Å². The summed E-state index contributed by atoms with van der Waals surface area (Å²) in [6, 6.07) is 7.75. The van der Waals surface area contributed by atoms with Crippen LogP contribution in [0.4, 0.5) is 0 Å². The first kappa shape index (κ1) is 8.38. The summed E-state index contributed by atoms with van der Waals surface area (Å²) in [5, 5.41) is 0. The van der Waals surface area contributed by atoms with Crippen molar-refractivity contribution in [2.24, 2.45) is 0 Å². The fourth-order valence-corrected chi connectivity index (χ4v) is 1.59. The van der Waals surface area contributed by atoms with E-state index in [-0.39, 0.29) is 0 Å². The zero-order chi connectivity index (χ0) is 9.10. The van der Waals surface area contributed by atoms with E-state index in [4.69, 9.17) is 0 Å². The largest absolute Gasteiger partial charge is 0.265 e. The lowest BCUT2D eigenvalue weighted by molar-refractivity contribution is 1.28. The Bertz CT molecular complexity index is 401. The molecule has 0 atom stereocenters. The molecule has 0 fully saturated rings. The monoisotopic (exact) mass is 234 g/mol. The second-order valence-corrected chi connectivity index (χ2v) is 3.42. The molecular weight excluding hydrogens is 228 g/mol. The van der Waals surface area contributed by atoms with E-state index in [1.54, 1.807) is 18.6 Å². The van der Waals surface area contributed by atoms with Gasteiger partial charge in [0.15, 0.2) is 0 Å². The summed E-state index contributed by atoms with van der Waals surface area (Å²) in [4.78, 5) is 8.23. The molecule has 64 valence electrons. The van der Waals surface area contributed by atoms with E-state index in [0.717, 1.165) is 15.7 Å². The van der Waals surface area contributed by atoms with E-state index < -0.39 is 0 Å². The second kappa shape index (κ2) is 3.66. The van der Waals surface area contributed by atoms with Crippen molar-refractivity contribution in [3.8, 4) is 11.3 Å². The quantitative estimate of drug-likeness (QED) is 0.759. The van der Waals surface area contributed by atoms with Crippen LogP contribution < -0.4 is 0 Å². The van der Waals surface area contributed by atoms with Gasteiger partial charge < -0.3 is 0 Å². The maximum absolute atomic E-state index is 4.27. The summed E-state index contributed by atoms with van der Waals surface area (Å²) in [5.74, 6) is 0. The molecule has 3 heteroatoms. The molecule has 0 saturated carbocycles. The minimum atomic E-state index is 0.949. The van der Waals surface area contributed by atoms with Crippen LogP contribution in [0.5, 0.6) is 0 Å². The van der Waals surface area contributed by atoms with Crippen LogP contribution in [0.2, 0.25) is 0 Å². The van der Waals surface area contributed by atoms with Crippen LogP contribution in [0, 0.1) is 0 Å². The third kappa shape index (κ3) is 1.75. The predicted octanol–water partition coefficient (Wildman–Crippen LogP) is 2.91. The molecule has 2 aromatic rings. The van der Waals surface area contributed by atoms with Crippen LogP contribution in [-0.2, 0) is 0 Å². The van der Waals surface area contributed by atoms with Gasteiger partial charge in [0.1, 0.15) is 0 Å². The zero-order valence-electron chi connectivity index (χ0n) is 6.81. The molecule has 0 amide bonds. The van der Waals surface area contributed by atoms with Crippen LogP contribution >= 0.6 is 15.9 Å². The van der Waals surface area contributed by atoms with Gasteiger partial charge in [-0.05, 0) is 40.2 Å². The molecule has 0 spiro atoms. The van der Waals surface area contributed by atoms with Crippen LogP contribution in [0.25, 0.3) is 11.3 Å². The Morgan fingerprint density at radius 2 is 1.77 bits per heavy atom. The summed E-state index contributed by atoms with van der Waals surface area (Å²) < 4.78 is 1.00. The van der Waals surface area contributed by atoms with Gasteiger partial charge in [-0.1, -0.05) is 0 Å². The van der Waals surface area contributed by atoms with Crippen molar-refractivity contribution in [2.45, 2.75) is 0 Å². The molecule has 0 aliphatic heterocycles. The van der Waals surface area contributed by atoms with Gasteiger partial charge in [0, 0.05) is 28.6 Å².